The first-order valence-electron chi connectivity index (χ1n) is 10.9. The quantitative estimate of drug-likeness (QED) is 0.403. The molecule has 0 aromatic heterocycles. The van der Waals surface area contributed by atoms with Gasteiger partial charge in [-0.05, 0) is 60.4 Å². The van der Waals surface area contributed by atoms with Crippen LogP contribution in [0, 0.1) is 0 Å². The number of hydrazone groups is 1. The van der Waals surface area contributed by atoms with Gasteiger partial charge in [0.05, 0.1) is 23.8 Å². The van der Waals surface area contributed by atoms with Crippen LogP contribution in [0.2, 0.25) is 0 Å². The fourth-order valence-electron chi connectivity index (χ4n) is 3.38. The predicted molar refractivity (Wildman–Crippen MR) is 122 cm³/mol. The van der Waals surface area contributed by atoms with E-state index in [9.17, 15) is 22.0 Å². The van der Waals surface area contributed by atoms with Gasteiger partial charge in [0.2, 0.25) is 15.9 Å². The Hall–Kier alpha value is -2.89. The predicted octanol–water partition coefficient (Wildman–Crippen LogP) is 3.17. The van der Waals surface area contributed by atoms with Gasteiger partial charge >= 0.3 is 6.61 Å². The Morgan fingerprint density at radius 2 is 1.76 bits per heavy atom. The zero-order chi connectivity index (χ0) is 24.6. The fourth-order valence-corrected chi connectivity index (χ4v) is 4.79. The smallest absolute Gasteiger partial charge is 0.387 e. The molecule has 184 valence electrons. The topological polar surface area (TPSA) is 97.3 Å². The van der Waals surface area contributed by atoms with Crippen LogP contribution in [0.3, 0.4) is 0 Å². The zero-order valence-corrected chi connectivity index (χ0v) is 19.6. The molecule has 0 atom stereocenters. The lowest BCUT2D eigenvalue weighted by Crippen LogP contribution is -2.40. The van der Waals surface area contributed by atoms with Crippen molar-refractivity contribution in [2.75, 3.05) is 26.3 Å². The van der Waals surface area contributed by atoms with Crippen LogP contribution in [-0.2, 0) is 26.0 Å². The highest BCUT2D eigenvalue weighted by Gasteiger charge is 2.26. The fraction of sp³-hybridized carbons (Fsp3) is 0.391. The molecule has 3 rings (SSSR count). The van der Waals surface area contributed by atoms with Gasteiger partial charge in [0, 0.05) is 19.5 Å². The summed E-state index contributed by atoms with van der Waals surface area (Å²) < 4.78 is 60.8. The number of hydrogen-bond donors (Lipinski definition) is 1. The first-order valence-corrected chi connectivity index (χ1v) is 12.3. The summed E-state index contributed by atoms with van der Waals surface area (Å²) in [7, 11) is -3.56. The molecular formula is C23H27F2N3O5S. The normalized spacial score (nSPS) is 15.4. The summed E-state index contributed by atoms with van der Waals surface area (Å²) in [5, 5.41) is 4.15. The first kappa shape index (κ1) is 25.7. The number of carbonyl (C=O) groups is 1. The van der Waals surface area contributed by atoms with E-state index in [0.29, 0.717) is 50.4 Å². The molecule has 1 aliphatic heterocycles. The molecule has 1 amide bonds. The first-order chi connectivity index (χ1) is 16.3. The molecule has 2 aromatic carbocycles. The molecule has 0 saturated carbocycles. The van der Waals surface area contributed by atoms with Gasteiger partial charge in [0.25, 0.3) is 0 Å². The van der Waals surface area contributed by atoms with E-state index in [0.717, 1.165) is 5.56 Å². The van der Waals surface area contributed by atoms with Crippen LogP contribution >= 0.6 is 0 Å². The molecule has 11 heteroatoms. The summed E-state index contributed by atoms with van der Waals surface area (Å²) in [6.45, 7) is 0.396. The number of sulfonamides is 1. The van der Waals surface area contributed by atoms with E-state index in [1.807, 2.05) is 6.92 Å². The SMILES string of the molecule is CCC(=NNC(=O)CCc1ccc(S(=O)(=O)N2CCOCC2)cc1)c1ccc(OC(F)F)cc1. The molecule has 0 spiro atoms. The number of nitrogens with zero attached hydrogens (tertiary/aromatic N) is 2. The van der Waals surface area contributed by atoms with Crippen molar-refractivity contribution in [1.82, 2.24) is 9.73 Å². The summed E-state index contributed by atoms with van der Waals surface area (Å²) in [6, 6.07) is 12.5. The Balaban J connectivity index is 1.53. The lowest BCUT2D eigenvalue weighted by atomic mass is 10.1. The number of halogens is 2. The molecule has 0 radical (unpaired) electrons. The third-order valence-corrected chi connectivity index (χ3v) is 7.15. The van der Waals surface area contributed by atoms with Crippen molar-refractivity contribution in [3.8, 4) is 5.75 Å². The van der Waals surface area contributed by atoms with Crippen molar-refractivity contribution in [2.24, 2.45) is 5.10 Å². The van der Waals surface area contributed by atoms with E-state index in [4.69, 9.17) is 4.74 Å². The third kappa shape index (κ3) is 7.05. The number of rotatable bonds is 10. The molecular weight excluding hydrogens is 468 g/mol. The maximum absolute atomic E-state index is 12.7. The Kier molecular flexibility index (Phi) is 9.08. The lowest BCUT2D eigenvalue weighted by molar-refractivity contribution is -0.121. The lowest BCUT2D eigenvalue weighted by Gasteiger charge is -2.26. The van der Waals surface area contributed by atoms with Crippen LogP contribution in [0.1, 0.15) is 30.9 Å². The highest BCUT2D eigenvalue weighted by molar-refractivity contribution is 7.89. The summed E-state index contributed by atoms with van der Waals surface area (Å²) in [6.07, 6.45) is 1.10. The molecule has 1 aliphatic rings. The summed E-state index contributed by atoms with van der Waals surface area (Å²) in [4.78, 5) is 12.5. The average molecular weight is 496 g/mol. The summed E-state index contributed by atoms with van der Waals surface area (Å²) in [5.74, 6) is -0.254. The minimum Gasteiger partial charge on any atom is -0.435 e. The van der Waals surface area contributed by atoms with Crippen LogP contribution < -0.4 is 10.2 Å². The summed E-state index contributed by atoms with van der Waals surface area (Å²) >= 11 is 0. The number of hydrogen-bond acceptors (Lipinski definition) is 6. The Morgan fingerprint density at radius 1 is 1.12 bits per heavy atom. The van der Waals surface area contributed by atoms with Crippen LogP contribution in [0.4, 0.5) is 8.78 Å². The maximum Gasteiger partial charge on any atom is 0.387 e. The van der Waals surface area contributed by atoms with Crippen molar-refractivity contribution < 1.29 is 31.5 Å². The molecule has 2 aromatic rings. The van der Waals surface area contributed by atoms with Gasteiger partial charge in [-0.15, -0.1) is 0 Å². The van der Waals surface area contributed by atoms with Gasteiger partial charge in [-0.25, -0.2) is 13.8 Å². The number of amides is 1. The molecule has 0 bridgehead atoms. The Labute approximate surface area is 197 Å². The van der Waals surface area contributed by atoms with Crippen LogP contribution in [0.25, 0.3) is 0 Å². The standard InChI is InChI=1S/C23H27F2N3O5S/c1-2-21(18-6-8-19(9-7-18)33-23(24)25)26-27-22(29)12-5-17-3-10-20(11-4-17)34(30,31)28-13-15-32-16-14-28/h3-4,6-11,23H,2,5,12-16H2,1H3,(H,27,29). The van der Waals surface area contributed by atoms with Gasteiger partial charge in [0.15, 0.2) is 0 Å². The van der Waals surface area contributed by atoms with Crippen molar-refractivity contribution in [2.45, 2.75) is 37.7 Å². The molecule has 1 heterocycles. The number of benzene rings is 2. The van der Waals surface area contributed by atoms with Crippen LogP contribution in [0.15, 0.2) is 58.5 Å². The number of nitrogens with one attached hydrogen (secondary N) is 1. The molecule has 0 aliphatic carbocycles. The number of alkyl halides is 2. The monoisotopic (exact) mass is 495 g/mol. The second-order valence-corrected chi connectivity index (χ2v) is 9.45. The van der Waals surface area contributed by atoms with Crippen molar-refractivity contribution in [3.63, 3.8) is 0 Å². The van der Waals surface area contributed by atoms with Crippen molar-refractivity contribution >= 4 is 21.6 Å². The third-order valence-electron chi connectivity index (χ3n) is 5.24. The number of morpholine rings is 1. The van der Waals surface area contributed by atoms with Crippen molar-refractivity contribution in [3.05, 3.63) is 59.7 Å². The van der Waals surface area contributed by atoms with E-state index in [-0.39, 0.29) is 23.0 Å². The summed E-state index contributed by atoms with van der Waals surface area (Å²) in [5.41, 5.74) is 4.61. The number of carbonyl (C=O) groups excluding carboxylic acids is 1. The largest absolute Gasteiger partial charge is 0.435 e. The van der Waals surface area contributed by atoms with Crippen LogP contribution in [0.5, 0.6) is 5.75 Å². The van der Waals surface area contributed by atoms with E-state index < -0.39 is 16.6 Å². The van der Waals surface area contributed by atoms with Crippen molar-refractivity contribution in [1.29, 1.82) is 0 Å². The molecule has 8 nitrogen and oxygen atoms in total. The maximum atomic E-state index is 12.7. The van der Waals surface area contributed by atoms with Gasteiger partial charge in [-0.1, -0.05) is 19.1 Å². The minimum atomic E-state index is -3.56. The van der Waals surface area contributed by atoms with E-state index in [1.54, 1.807) is 36.4 Å². The van der Waals surface area contributed by atoms with Gasteiger partial charge in [-0.3, -0.25) is 4.79 Å². The second-order valence-electron chi connectivity index (χ2n) is 7.51. The van der Waals surface area contributed by atoms with Crippen LogP contribution in [-0.4, -0.2) is 57.3 Å². The number of aryl methyl sites for hydroxylation is 1. The molecule has 1 saturated heterocycles. The molecule has 1 fully saturated rings. The van der Waals surface area contributed by atoms with E-state index in [1.165, 1.54) is 16.4 Å². The highest BCUT2D eigenvalue weighted by atomic mass is 32.2. The second kappa shape index (κ2) is 12.0. The molecule has 1 N–H and O–H groups in total. The van der Waals surface area contributed by atoms with E-state index in [2.05, 4.69) is 15.3 Å². The Bertz CT molecular complexity index is 1080. The molecule has 34 heavy (non-hydrogen) atoms. The van der Waals surface area contributed by atoms with Gasteiger partial charge in [-0.2, -0.15) is 18.2 Å². The zero-order valence-electron chi connectivity index (χ0n) is 18.7. The van der Waals surface area contributed by atoms with Gasteiger partial charge < -0.3 is 9.47 Å². The van der Waals surface area contributed by atoms with Gasteiger partial charge in [0.1, 0.15) is 5.75 Å². The molecule has 0 unspecified atom stereocenters. The average Bonchev–Trinajstić information content (AvgIpc) is 2.84. The number of ether oxygens (including phenoxy) is 2. The van der Waals surface area contributed by atoms with E-state index >= 15 is 0 Å². The minimum absolute atomic E-state index is 0.0435. The highest BCUT2D eigenvalue weighted by Crippen LogP contribution is 2.19. The Morgan fingerprint density at radius 3 is 2.35 bits per heavy atom.